The molecule has 0 radical (unpaired) electrons. The number of benzene rings is 1. The van der Waals surface area contributed by atoms with E-state index in [0.717, 1.165) is 6.07 Å². The molecule has 15 heavy (non-hydrogen) atoms. The summed E-state index contributed by atoms with van der Waals surface area (Å²) in [5.41, 5.74) is -0.283. The summed E-state index contributed by atoms with van der Waals surface area (Å²) in [6, 6.07) is 3.91. The van der Waals surface area contributed by atoms with Gasteiger partial charge in [-0.05, 0) is 12.1 Å². The highest BCUT2D eigenvalue weighted by Gasteiger charge is 2.18. The van der Waals surface area contributed by atoms with E-state index in [-0.39, 0.29) is 28.0 Å². The van der Waals surface area contributed by atoms with Crippen molar-refractivity contribution in [1.29, 1.82) is 0 Å². The predicted molar refractivity (Wildman–Crippen MR) is 56.5 cm³/mol. The van der Waals surface area contributed by atoms with Crippen LogP contribution in [-0.2, 0) is 10.8 Å². The smallest absolute Gasteiger partial charge is 0.286 e. The van der Waals surface area contributed by atoms with Gasteiger partial charge in [-0.1, -0.05) is 11.6 Å². The van der Waals surface area contributed by atoms with Crippen molar-refractivity contribution in [1.82, 2.24) is 0 Å². The quantitative estimate of drug-likeness (QED) is 0.645. The van der Waals surface area contributed by atoms with E-state index in [4.69, 9.17) is 16.7 Å². The fraction of sp³-hybridized carbons (Fsp3) is 0.250. The largest absolute Gasteiger partial charge is 0.395 e. The second kappa shape index (κ2) is 5.20. The van der Waals surface area contributed by atoms with Crippen molar-refractivity contribution in [2.75, 3.05) is 12.4 Å². The minimum absolute atomic E-state index is 0.0253. The zero-order valence-electron chi connectivity index (χ0n) is 7.55. The van der Waals surface area contributed by atoms with E-state index in [2.05, 4.69) is 0 Å². The number of nitro benzene ring substituents is 1. The Bertz CT molecular complexity index is 410. The van der Waals surface area contributed by atoms with Crippen LogP contribution in [0.3, 0.4) is 0 Å². The van der Waals surface area contributed by atoms with Crippen LogP contribution >= 0.6 is 11.6 Å². The Morgan fingerprint density at radius 1 is 1.53 bits per heavy atom. The third-order valence-corrected chi connectivity index (χ3v) is 3.26. The van der Waals surface area contributed by atoms with Crippen LogP contribution < -0.4 is 0 Å². The molecule has 0 aromatic heterocycles. The summed E-state index contributed by atoms with van der Waals surface area (Å²) in [5, 5.41) is 19.4. The number of rotatable bonds is 4. The Morgan fingerprint density at radius 2 is 2.20 bits per heavy atom. The van der Waals surface area contributed by atoms with E-state index < -0.39 is 15.7 Å². The van der Waals surface area contributed by atoms with Crippen molar-refractivity contribution in [2.45, 2.75) is 4.90 Å². The highest BCUT2D eigenvalue weighted by molar-refractivity contribution is 7.85. The Morgan fingerprint density at radius 3 is 2.73 bits per heavy atom. The van der Waals surface area contributed by atoms with Crippen LogP contribution in [-0.4, -0.2) is 26.6 Å². The molecular formula is C8H8ClNO4S. The van der Waals surface area contributed by atoms with Gasteiger partial charge in [0.2, 0.25) is 0 Å². The van der Waals surface area contributed by atoms with Gasteiger partial charge >= 0.3 is 0 Å². The van der Waals surface area contributed by atoms with Gasteiger partial charge < -0.3 is 5.11 Å². The lowest BCUT2D eigenvalue weighted by Crippen LogP contribution is -2.05. The standard InChI is InChI=1S/C8H8ClNO4S/c9-6-1-2-8(15(14)4-3-11)7(5-6)10(12)13/h1-2,5,11H,3-4H2. The van der Waals surface area contributed by atoms with E-state index in [9.17, 15) is 14.3 Å². The highest BCUT2D eigenvalue weighted by atomic mass is 35.5. The fourth-order valence-corrected chi connectivity index (χ4v) is 2.16. The summed E-state index contributed by atoms with van der Waals surface area (Å²) in [6.07, 6.45) is 0. The first kappa shape index (κ1) is 12.1. The molecular weight excluding hydrogens is 242 g/mol. The van der Waals surface area contributed by atoms with Crippen LogP contribution in [0.4, 0.5) is 5.69 Å². The number of nitro groups is 1. The van der Waals surface area contributed by atoms with Gasteiger partial charge in [-0.2, -0.15) is 0 Å². The molecule has 82 valence electrons. The van der Waals surface area contributed by atoms with Gasteiger partial charge in [0.05, 0.1) is 28.1 Å². The Labute approximate surface area is 93.3 Å². The van der Waals surface area contributed by atoms with Gasteiger partial charge in [-0.3, -0.25) is 14.3 Å². The van der Waals surface area contributed by atoms with Crippen LogP contribution in [0.15, 0.2) is 23.1 Å². The molecule has 1 unspecified atom stereocenters. The minimum Gasteiger partial charge on any atom is -0.395 e. The summed E-state index contributed by atoms with van der Waals surface area (Å²) < 4.78 is 11.5. The van der Waals surface area contributed by atoms with Gasteiger partial charge in [0.25, 0.3) is 5.69 Å². The van der Waals surface area contributed by atoms with Crippen molar-refractivity contribution in [2.24, 2.45) is 0 Å². The van der Waals surface area contributed by atoms with Crippen molar-refractivity contribution in [3.63, 3.8) is 0 Å². The molecule has 0 aliphatic rings. The molecule has 5 nitrogen and oxygen atoms in total. The van der Waals surface area contributed by atoms with Crippen molar-refractivity contribution in [3.8, 4) is 0 Å². The summed E-state index contributed by atoms with van der Waals surface area (Å²) in [7, 11) is -1.57. The molecule has 1 N–H and O–H groups in total. The minimum atomic E-state index is -1.57. The van der Waals surface area contributed by atoms with Gasteiger partial charge in [0.15, 0.2) is 0 Å². The molecule has 0 spiro atoms. The highest BCUT2D eigenvalue weighted by Crippen LogP contribution is 2.25. The van der Waals surface area contributed by atoms with Gasteiger partial charge in [0, 0.05) is 11.1 Å². The summed E-state index contributed by atoms with van der Waals surface area (Å²) in [5.74, 6) is -0.0253. The average Bonchev–Trinajstić information content (AvgIpc) is 2.17. The topological polar surface area (TPSA) is 80.4 Å². The maximum Gasteiger partial charge on any atom is 0.286 e. The van der Waals surface area contributed by atoms with Crippen LogP contribution in [0, 0.1) is 10.1 Å². The molecule has 0 saturated carbocycles. The maximum atomic E-state index is 11.5. The molecule has 0 saturated heterocycles. The lowest BCUT2D eigenvalue weighted by Gasteiger charge is -2.01. The molecule has 0 aliphatic heterocycles. The predicted octanol–water partition coefficient (Wildman–Crippen LogP) is 1.35. The molecule has 1 aromatic rings. The second-order valence-corrected chi connectivity index (χ2v) is 4.62. The zero-order valence-corrected chi connectivity index (χ0v) is 9.12. The number of aliphatic hydroxyl groups is 1. The van der Waals surface area contributed by atoms with Crippen LogP contribution in [0.1, 0.15) is 0 Å². The third-order valence-electron chi connectivity index (χ3n) is 1.64. The van der Waals surface area contributed by atoms with E-state index >= 15 is 0 Å². The summed E-state index contributed by atoms with van der Waals surface area (Å²) >= 11 is 5.59. The molecule has 0 bridgehead atoms. The van der Waals surface area contributed by atoms with Crippen molar-refractivity contribution >= 4 is 28.1 Å². The first-order valence-electron chi connectivity index (χ1n) is 3.99. The fourth-order valence-electron chi connectivity index (χ4n) is 1.02. The van der Waals surface area contributed by atoms with E-state index in [0.29, 0.717) is 0 Å². The lowest BCUT2D eigenvalue weighted by molar-refractivity contribution is -0.387. The number of hydrogen-bond donors (Lipinski definition) is 1. The third kappa shape index (κ3) is 2.98. The monoisotopic (exact) mass is 249 g/mol. The van der Waals surface area contributed by atoms with Crippen molar-refractivity contribution in [3.05, 3.63) is 33.3 Å². The molecule has 0 fully saturated rings. The molecule has 7 heteroatoms. The summed E-state index contributed by atoms with van der Waals surface area (Å²) in [6.45, 7) is -0.285. The number of aliphatic hydroxyl groups excluding tert-OH is 1. The van der Waals surface area contributed by atoms with Gasteiger partial charge in [-0.25, -0.2) is 0 Å². The molecule has 0 aliphatic carbocycles. The average molecular weight is 250 g/mol. The lowest BCUT2D eigenvalue weighted by atomic mass is 10.3. The maximum absolute atomic E-state index is 11.5. The van der Waals surface area contributed by atoms with Crippen LogP contribution in [0.25, 0.3) is 0 Å². The first-order valence-corrected chi connectivity index (χ1v) is 5.69. The van der Waals surface area contributed by atoms with Crippen LogP contribution in [0.5, 0.6) is 0 Å². The number of hydrogen-bond acceptors (Lipinski definition) is 4. The number of halogens is 1. The normalized spacial score (nSPS) is 12.4. The second-order valence-electron chi connectivity index (χ2n) is 2.64. The Balaban J connectivity index is 3.17. The van der Waals surface area contributed by atoms with E-state index in [1.54, 1.807) is 0 Å². The summed E-state index contributed by atoms with van der Waals surface area (Å²) in [4.78, 5) is 10.1. The molecule has 1 aromatic carbocycles. The zero-order chi connectivity index (χ0) is 11.4. The van der Waals surface area contributed by atoms with E-state index in [1.165, 1.54) is 12.1 Å². The SMILES string of the molecule is O=[N+]([O-])c1cc(Cl)ccc1S(=O)CCO. The molecule has 1 atom stereocenters. The van der Waals surface area contributed by atoms with Gasteiger partial charge in [-0.15, -0.1) is 0 Å². The molecule has 0 heterocycles. The Hall–Kier alpha value is -0.980. The first-order chi connectivity index (χ1) is 7.06. The van der Waals surface area contributed by atoms with Gasteiger partial charge in [0.1, 0.15) is 4.90 Å². The molecule has 0 amide bonds. The van der Waals surface area contributed by atoms with E-state index in [1.807, 2.05) is 0 Å². The molecule has 1 rings (SSSR count). The number of nitrogens with zero attached hydrogens (tertiary/aromatic N) is 1. The van der Waals surface area contributed by atoms with Crippen LogP contribution in [0.2, 0.25) is 5.02 Å². The van der Waals surface area contributed by atoms with Crippen molar-refractivity contribution < 1.29 is 14.2 Å². The Kier molecular flexibility index (Phi) is 4.19.